The Bertz CT molecular complexity index is 121. The molecule has 1 heterocycles. The summed E-state index contributed by atoms with van der Waals surface area (Å²) in [6.07, 6.45) is 4.79. The van der Waals surface area contributed by atoms with Gasteiger partial charge in [-0.25, -0.2) is 0 Å². The van der Waals surface area contributed by atoms with Crippen LogP contribution in [-0.4, -0.2) is 38.6 Å². The first-order valence-electron chi connectivity index (χ1n) is 4.93. The number of unbranched alkanes of at least 4 members (excludes halogenated alkanes) is 1. The van der Waals surface area contributed by atoms with Crippen LogP contribution >= 0.6 is 0 Å². The topological polar surface area (TPSA) is 12.5 Å². The van der Waals surface area contributed by atoms with Crippen LogP contribution in [0.25, 0.3) is 0 Å². The number of ether oxygens (including phenoxy) is 1. The van der Waals surface area contributed by atoms with Gasteiger partial charge in [0.1, 0.15) is 0 Å². The van der Waals surface area contributed by atoms with Crippen molar-refractivity contribution in [3.8, 4) is 0 Å². The average Bonchev–Trinajstić information content (AvgIpc) is 2.46. The summed E-state index contributed by atoms with van der Waals surface area (Å²) in [5, 5.41) is 0. The molecule has 2 radical (unpaired) electrons. The van der Waals surface area contributed by atoms with Crippen LogP contribution in [0.3, 0.4) is 0 Å². The Balaban J connectivity index is 1.98. The fourth-order valence-corrected chi connectivity index (χ4v) is 1.50. The van der Waals surface area contributed by atoms with Crippen LogP contribution < -0.4 is 0 Å². The zero-order valence-corrected chi connectivity index (χ0v) is 7.96. The maximum atomic E-state index is 5.75. The standard InChI is InChI=1S/C9H18BNO/c1-2-3-7-12-8-9-5-4-6-11(9)10/h9H,2-8H2,1H3. The first kappa shape index (κ1) is 10.1. The van der Waals surface area contributed by atoms with Crippen molar-refractivity contribution in [2.24, 2.45) is 0 Å². The van der Waals surface area contributed by atoms with Crippen LogP contribution in [0.1, 0.15) is 32.6 Å². The Morgan fingerprint density at radius 1 is 1.58 bits per heavy atom. The fourth-order valence-electron chi connectivity index (χ4n) is 1.50. The highest BCUT2D eigenvalue weighted by Crippen LogP contribution is 2.14. The second-order valence-corrected chi connectivity index (χ2v) is 3.46. The van der Waals surface area contributed by atoms with E-state index in [1.54, 1.807) is 0 Å². The van der Waals surface area contributed by atoms with Gasteiger partial charge < -0.3 is 9.55 Å². The van der Waals surface area contributed by atoms with Gasteiger partial charge in [0.2, 0.25) is 0 Å². The molecule has 0 N–H and O–H groups in total. The maximum absolute atomic E-state index is 5.75. The monoisotopic (exact) mass is 167 g/mol. The van der Waals surface area contributed by atoms with E-state index < -0.39 is 0 Å². The van der Waals surface area contributed by atoms with Gasteiger partial charge in [0, 0.05) is 12.6 Å². The van der Waals surface area contributed by atoms with Gasteiger partial charge >= 0.3 is 0 Å². The molecule has 1 aliphatic rings. The van der Waals surface area contributed by atoms with Crippen molar-refractivity contribution in [1.29, 1.82) is 0 Å². The molecule has 0 aromatic heterocycles. The van der Waals surface area contributed by atoms with Crippen molar-refractivity contribution in [2.75, 3.05) is 19.8 Å². The van der Waals surface area contributed by atoms with Gasteiger partial charge in [-0.05, 0) is 25.8 Å². The first-order chi connectivity index (χ1) is 5.84. The van der Waals surface area contributed by atoms with E-state index in [0.29, 0.717) is 6.04 Å². The van der Waals surface area contributed by atoms with Crippen molar-refractivity contribution in [3.63, 3.8) is 0 Å². The van der Waals surface area contributed by atoms with Gasteiger partial charge in [-0.1, -0.05) is 13.3 Å². The summed E-state index contributed by atoms with van der Waals surface area (Å²) in [6, 6.07) is 0.474. The number of hydrogen-bond donors (Lipinski definition) is 0. The van der Waals surface area contributed by atoms with Crippen molar-refractivity contribution in [2.45, 2.75) is 38.6 Å². The van der Waals surface area contributed by atoms with E-state index in [0.717, 1.165) is 26.2 Å². The van der Waals surface area contributed by atoms with Crippen molar-refractivity contribution < 1.29 is 4.74 Å². The lowest BCUT2D eigenvalue weighted by Crippen LogP contribution is -2.30. The summed E-state index contributed by atoms with van der Waals surface area (Å²) in [7, 11) is 5.75. The van der Waals surface area contributed by atoms with E-state index >= 15 is 0 Å². The molecule has 1 fully saturated rings. The third-order valence-electron chi connectivity index (χ3n) is 2.38. The molecule has 1 unspecified atom stereocenters. The molecule has 68 valence electrons. The van der Waals surface area contributed by atoms with Crippen LogP contribution in [0.15, 0.2) is 0 Å². The zero-order valence-electron chi connectivity index (χ0n) is 7.96. The quantitative estimate of drug-likeness (QED) is 0.452. The second-order valence-electron chi connectivity index (χ2n) is 3.46. The predicted octanol–water partition coefficient (Wildman–Crippen LogP) is 1.35. The molecule has 1 saturated heterocycles. The summed E-state index contributed by atoms with van der Waals surface area (Å²) in [5.41, 5.74) is 0. The smallest absolute Gasteiger partial charge is 0.182 e. The minimum absolute atomic E-state index is 0.474. The number of hydrogen-bond acceptors (Lipinski definition) is 2. The number of nitrogens with zero attached hydrogens (tertiary/aromatic N) is 1. The molecule has 0 aromatic carbocycles. The fraction of sp³-hybridized carbons (Fsp3) is 1.00. The van der Waals surface area contributed by atoms with Gasteiger partial charge in [0.25, 0.3) is 0 Å². The highest BCUT2D eigenvalue weighted by Gasteiger charge is 2.19. The van der Waals surface area contributed by atoms with Gasteiger partial charge in [-0.2, -0.15) is 0 Å². The molecule has 1 atom stereocenters. The summed E-state index contributed by atoms with van der Waals surface area (Å²) in [6.45, 7) is 4.91. The molecule has 1 rings (SSSR count). The molecule has 2 nitrogen and oxygen atoms in total. The molecule has 0 saturated carbocycles. The first-order valence-corrected chi connectivity index (χ1v) is 4.93. The van der Waals surface area contributed by atoms with Crippen LogP contribution in [0.4, 0.5) is 0 Å². The molecule has 1 aliphatic heterocycles. The third-order valence-corrected chi connectivity index (χ3v) is 2.38. The Kier molecular flexibility index (Phi) is 4.70. The highest BCUT2D eigenvalue weighted by atomic mass is 16.5. The minimum Gasteiger partial charge on any atom is -0.380 e. The van der Waals surface area contributed by atoms with Crippen LogP contribution in [0, 0.1) is 0 Å². The van der Waals surface area contributed by atoms with Gasteiger partial charge in [0.15, 0.2) is 7.98 Å². The van der Waals surface area contributed by atoms with Gasteiger partial charge in [-0.3, -0.25) is 0 Å². The van der Waals surface area contributed by atoms with Crippen molar-refractivity contribution >= 4 is 7.98 Å². The highest BCUT2D eigenvalue weighted by molar-refractivity contribution is 6.04. The van der Waals surface area contributed by atoms with Gasteiger partial charge in [0.05, 0.1) is 6.61 Å². The van der Waals surface area contributed by atoms with E-state index in [2.05, 4.69) is 6.92 Å². The Hall–Kier alpha value is -0.0151. The lowest BCUT2D eigenvalue weighted by molar-refractivity contribution is 0.0975. The van der Waals surface area contributed by atoms with Crippen molar-refractivity contribution in [3.05, 3.63) is 0 Å². The molecule has 0 amide bonds. The van der Waals surface area contributed by atoms with Crippen molar-refractivity contribution in [1.82, 2.24) is 4.81 Å². The van der Waals surface area contributed by atoms with E-state index in [9.17, 15) is 0 Å². The SMILES string of the molecule is [B]N1CCCC1COCCCC. The molecular weight excluding hydrogens is 149 g/mol. The summed E-state index contributed by atoms with van der Waals surface area (Å²) >= 11 is 0. The van der Waals surface area contributed by atoms with Crippen LogP contribution in [-0.2, 0) is 4.74 Å². The summed E-state index contributed by atoms with van der Waals surface area (Å²) in [5.74, 6) is 0. The molecule has 0 aliphatic carbocycles. The van der Waals surface area contributed by atoms with E-state index in [-0.39, 0.29) is 0 Å². The minimum atomic E-state index is 0.474. The number of rotatable bonds is 5. The van der Waals surface area contributed by atoms with E-state index in [1.165, 1.54) is 19.3 Å². The molecule has 3 heteroatoms. The predicted molar refractivity (Wildman–Crippen MR) is 51.2 cm³/mol. The lowest BCUT2D eigenvalue weighted by atomic mass is 10.2. The molecule has 0 bridgehead atoms. The molecular formula is C9H18BNO. The Labute approximate surface area is 76.7 Å². The van der Waals surface area contributed by atoms with Gasteiger partial charge in [-0.15, -0.1) is 0 Å². The van der Waals surface area contributed by atoms with Crippen LogP contribution in [0.5, 0.6) is 0 Å². The second kappa shape index (κ2) is 5.60. The maximum Gasteiger partial charge on any atom is 0.182 e. The largest absolute Gasteiger partial charge is 0.380 e. The van der Waals surface area contributed by atoms with E-state index in [4.69, 9.17) is 12.7 Å². The summed E-state index contributed by atoms with van der Waals surface area (Å²) < 4.78 is 5.51. The lowest BCUT2D eigenvalue weighted by Gasteiger charge is -2.19. The molecule has 0 aromatic rings. The molecule has 12 heavy (non-hydrogen) atoms. The Morgan fingerprint density at radius 2 is 2.42 bits per heavy atom. The third kappa shape index (κ3) is 3.15. The zero-order chi connectivity index (χ0) is 8.81. The average molecular weight is 167 g/mol. The molecule has 0 spiro atoms. The normalized spacial score (nSPS) is 24.9. The van der Waals surface area contributed by atoms with E-state index in [1.807, 2.05) is 4.81 Å². The van der Waals surface area contributed by atoms with Crippen LogP contribution in [0.2, 0.25) is 0 Å². The summed E-state index contributed by atoms with van der Waals surface area (Å²) in [4.78, 5) is 1.91. The Morgan fingerprint density at radius 3 is 3.00 bits per heavy atom.